The summed E-state index contributed by atoms with van der Waals surface area (Å²) in [7, 11) is 0. The number of likely N-dealkylation sites (N-methyl/N-ethyl adjacent to an activating group) is 2. The van der Waals surface area contributed by atoms with Crippen LogP contribution < -0.4 is 4.90 Å². The molecule has 24 heavy (non-hydrogen) atoms. The number of imide groups is 1. The second kappa shape index (κ2) is 6.71. The molecular weight excluding hydrogens is 300 g/mol. The molecule has 0 aromatic heterocycles. The third kappa shape index (κ3) is 2.60. The average Bonchev–Trinajstić information content (AvgIpc) is 2.88. The summed E-state index contributed by atoms with van der Waals surface area (Å²) >= 11 is 0. The van der Waals surface area contributed by atoms with Crippen molar-refractivity contribution in [1.82, 2.24) is 4.90 Å². The van der Waals surface area contributed by atoms with E-state index in [1.807, 2.05) is 79.4 Å². The quantitative estimate of drug-likeness (QED) is 0.794. The first kappa shape index (κ1) is 16.0. The fourth-order valence-corrected chi connectivity index (χ4v) is 3.04. The minimum Gasteiger partial charge on any atom is -0.337 e. The molecule has 1 aliphatic heterocycles. The summed E-state index contributed by atoms with van der Waals surface area (Å²) in [5, 5.41) is 0. The maximum atomic E-state index is 12.9. The molecule has 0 bridgehead atoms. The third-order valence-electron chi connectivity index (χ3n) is 4.18. The number of anilines is 1. The van der Waals surface area contributed by atoms with Gasteiger partial charge in [0, 0.05) is 18.8 Å². The van der Waals surface area contributed by atoms with Crippen LogP contribution in [0, 0.1) is 0 Å². The summed E-state index contributed by atoms with van der Waals surface area (Å²) in [5.41, 5.74) is 2.62. The zero-order valence-electron chi connectivity index (χ0n) is 13.9. The zero-order valence-corrected chi connectivity index (χ0v) is 13.9. The van der Waals surface area contributed by atoms with E-state index in [2.05, 4.69) is 0 Å². The van der Waals surface area contributed by atoms with Gasteiger partial charge in [-0.15, -0.1) is 0 Å². The second-order valence-electron chi connectivity index (χ2n) is 5.52. The largest absolute Gasteiger partial charge is 0.337 e. The molecule has 0 spiro atoms. The van der Waals surface area contributed by atoms with Crippen molar-refractivity contribution < 1.29 is 9.59 Å². The van der Waals surface area contributed by atoms with Crippen LogP contribution in [-0.2, 0) is 9.59 Å². The summed E-state index contributed by atoms with van der Waals surface area (Å²) in [4.78, 5) is 29.0. The lowest BCUT2D eigenvalue weighted by Gasteiger charge is -2.24. The van der Waals surface area contributed by atoms with Crippen molar-refractivity contribution in [2.45, 2.75) is 13.8 Å². The van der Waals surface area contributed by atoms with E-state index in [0.29, 0.717) is 24.4 Å². The van der Waals surface area contributed by atoms with E-state index in [1.54, 1.807) is 0 Å². The van der Waals surface area contributed by atoms with Crippen LogP contribution in [0.1, 0.15) is 19.4 Å². The fourth-order valence-electron chi connectivity index (χ4n) is 3.04. The standard InChI is InChI=1S/C20H20N2O2/c1-3-21(16-13-9-6-10-14-16)18-17(15-11-7-5-8-12-15)19(23)22(4-2)20(18)24/h5-14H,3-4H2,1-2H3. The van der Waals surface area contributed by atoms with Crippen LogP contribution in [-0.4, -0.2) is 29.8 Å². The van der Waals surface area contributed by atoms with E-state index >= 15 is 0 Å². The Labute approximate surface area is 142 Å². The Morgan fingerprint density at radius 1 is 0.833 bits per heavy atom. The molecule has 3 rings (SSSR count). The Morgan fingerprint density at radius 2 is 1.42 bits per heavy atom. The lowest BCUT2D eigenvalue weighted by molar-refractivity contribution is -0.136. The normalized spacial score (nSPS) is 14.5. The minimum absolute atomic E-state index is 0.224. The van der Waals surface area contributed by atoms with Gasteiger partial charge in [0.05, 0.1) is 5.57 Å². The van der Waals surface area contributed by atoms with Crippen LogP contribution in [0.3, 0.4) is 0 Å². The molecule has 4 nitrogen and oxygen atoms in total. The molecule has 1 heterocycles. The van der Waals surface area contributed by atoms with E-state index in [4.69, 9.17) is 0 Å². The van der Waals surface area contributed by atoms with Gasteiger partial charge in [0.2, 0.25) is 0 Å². The van der Waals surface area contributed by atoms with Gasteiger partial charge in [0.1, 0.15) is 5.70 Å². The van der Waals surface area contributed by atoms with Gasteiger partial charge in [-0.2, -0.15) is 0 Å². The summed E-state index contributed by atoms with van der Waals surface area (Å²) in [5.74, 6) is -0.454. The monoisotopic (exact) mass is 320 g/mol. The Bertz CT molecular complexity index is 782. The number of hydrogen-bond donors (Lipinski definition) is 0. The predicted octanol–water partition coefficient (Wildman–Crippen LogP) is 3.31. The molecule has 1 aliphatic rings. The number of amides is 2. The SMILES string of the molecule is CCN1C(=O)C(c2ccccc2)=C(N(CC)c2ccccc2)C1=O. The molecule has 0 N–H and O–H groups in total. The summed E-state index contributed by atoms with van der Waals surface area (Å²) in [6.45, 7) is 4.77. The number of benzene rings is 2. The van der Waals surface area contributed by atoms with Crippen LogP contribution in [0.5, 0.6) is 0 Å². The van der Waals surface area contributed by atoms with E-state index < -0.39 is 0 Å². The van der Waals surface area contributed by atoms with Crippen molar-refractivity contribution in [3.05, 3.63) is 71.9 Å². The molecular formula is C20H20N2O2. The smallest absolute Gasteiger partial charge is 0.278 e. The molecule has 2 amide bonds. The van der Waals surface area contributed by atoms with Gasteiger partial charge in [0.15, 0.2) is 0 Å². The van der Waals surface area contributed by atoms with Crippen molar-refractivity contribution >= 4 is 23.1 Å². The van der Waals surface area contributed by atoms with Crippen molar-refractivity contribution in [3.63, 3.8) is 0 Å². The third-order valence-corrected chi connectivity index (χ3v) is 4.18. The van der Waals surface area contributed by atoms with Gasteiger partial charge in [-0.3, -0.25) is 14.5 Å². The van der Waals surface area contributed by atoms with Crippen LogP contribution in [0.15, 0.2) is 66.4 Å². The summed E-state index contributed by atoms with van der Waals surface area (Å²) < 4.78 is 0. The number of carbonyl (C=O) groups is 2. The molecule has 0 unspecified atom stereocenters. The fraction of sp³-hybridized carbons (Fsp3) is 0.200. The molecule has 0 saturated heterocycles. The average molecular weight is 320 g/mol. The molecule has 4 heteroatoms. The predicted molar refractivity (Wildman–Crippen MR) is 95.2 cm³/mol. The zero-order chi connectivity index (χ0) is 17.1. The number of para-hydroxylation sites is 1. The van der Waals surface area contributed by atoms with E-state index in [9.17, 15) is 9.59 Å². The number of hydrogen-bond acceptors (Lipinski definition) is 3. The Balaban J connectivity index is 2.20. The maximum absolute atomic E-state index is 12.9. The van der Waals surface area contributed by atoms with E-state index in [-0.39, 0.29) is 11.8 Å². The van der Waals surface area contributed by atoms with Crippen LogP contribution >= 0.6 is 0 Å². The van der Waals surface area contributed by atoms with Crippen LogP contribution in [0.4, 0.5) is 5.69 Å². The maximum Gasteiger partial charge on any atom is 0.278 e. The van der Waals surface area contributed by atoms with Gasteiger partial charge in [0.25, 0.3) is 11.8 Å². The van der Waals surface area contributed by atoms with Crippen LogP contribution in [0.25, 0.3) is 5.57 Å². The molecule has 2 aromatic rings. The Morgan fingerprint density at radius 3 is 1.96 bits per heavy atom. The molecule has 0 atom stereocenters. The molecule has 2 aromatic carbocycles. The number of carbonyl (C=O) groups excluding carboxylic acids is 2. The molecule has 0 aliphatic carbocycles. The molecule has 122 valence electrons. The Kier molecular flexibility index (Phi) is 4.47. The van der Waals surface area contributed by atoms with Crippen molar-refractivity contribution in [2.24, 2.45) is 0 Å². The lowest BCUT2D eigenvalue weighted by Crippen LogP contribution is -2.35. The van der Waals surface area contributed by atoms with Crippen molar-refractivity contribution in [1.29, 1.82) is 0 Å². The first-order valence-corrected chi connectivity index (χ1v) is 8.17. The van der Waals surface area contributed by atoms with Gasteiger partial charge in [-0.05, 0) is 31.5 Å². The van der Waals surface area contributed by atoms with Crippen molar-refractivity contribution in [3.8, 4) is 0 Å². The summed E-state index contributed by atoms with van der Waals surface area (Å²) in [6.07, 6.45) is 0. The van der Waals surface area contributed by atoms with Crippen LogP contribution in [0.2, 0.25) is 0 Å². The van der Waals surface area contributed by atoms with Gasteiger partial charge in [-0.1, -0.05) is 48.5 Å². The number of rotatable bonds is 5. The summed E-state index contributed by atoms with van der Waals surface area (Å²) in [6, 6.07) is 19.1. The second-order valence-corrected chi connectivity index (χ2v) is 5.52. The highest BCUT2D eigenvalue weighted by Crippen LogP contribution is 2.33. The van der Waals surface area contributed by atoms with E-state index in [1.165, 1.54) is 4.90 Å². The van der Waals surface area contributed by atoms with Gasteiger partial charge in [-0.25, -0.2) is 0 Å². The highest BCUT2D eigenvalue weighted by atomic mass is 16.2. The number of nitrogens with zero attached hydrogens (tertiary/aromatic N) is 2. The highest BCUT2D eigenvalue weighted by Gasteiger charge is 2.40. The lowest BCUT2D eigenvalue weighted by atomic mass is 10.0. The first-order valence-electron chi connectivity index (χ1n) is 8.17. The Hall–Kier alpha value is -2.88. The van der Waals surface area contributed by atoms with Crippen molar-refractivity contribution in [2.75, 3.05) is 18.0 Å². The van der Waals surface area contributed by atoms with Gasteiger partial charge >= 0.3 is 0 Å². The minimum atomic E-state index is -0.230. The molecule has 0 radical (unpaired) electrons. The first-order chi connectivity index (χ1) is 11.7. The topological polar surface area (TPSA) is 40.6 Å². The van der Waals surface area contributed by atoms with E-state index in [0.717, 1.165) is 11.3 Å². The van der Waals surface area contributed by atoms with Gasteiger partial charge < -0.3 is 4.90 Å². The highest BCUT2D eigenvalue weighted by molar-refractivity contribution is 6.36. The molecule has 0 fully saturated rings. The molecule has 0 saturated carbocycles.